The number of rotatable bonds is 35. The number of hydrogen-bond acceptors (Lipinski definition) is 4. The molecule has 7 nitrogen and oxygen atoms in total. The molecule has 8 heteroatoms. The van der Waals surface area contributed by atoms with Crippen molar-refractivity contribution < 1.29 is 28.8 Å². The van der Waals surface area contributed by atoms with Crippen LogP contribution < -0.4 is 5.32 Å². The normalized spacial score (nSPS) is 13.3. The minimum Gasteiger partial charge on any atom is -0.391 e. The third-order valence-electron chi connectivity index (χ3n) is 8.84. The van der Waals surface area contributed by atoms with Crippen molar-refractivity contribution in [2.75, 3.05) is 6.61 Å². The maximum Gasteiger partial charge on any atom is 0.469 e. The molecule has 0 unspecified atom stereocenters. The Morgan fingerprint density at radius 1 is 0.568 bits per heavy atom. The predicted molar refractivity (Wildman–Crippen MR) is 186 cm³/mol. The van der Waals surface area contributed by atoms with Crippen molar-refractivity contribution in [2.45, 2.75) is 219 Å². The van der Waals surface area contributed by atoms with E-state index in [0.717, 1.165) is 38.5 Å². The predicted octanol–water partition coefficient (Wildman–Crippen LogP) is 10.7. The van der Waals surface area contributed by atoms with Gasteiger partial charge in [-0.3, -0.25) is 9.32 Å². The molecule has 0 rings (SSSR count). The molecule has 0 heterocycles. The number of carbonyl (C=O) groups excluding carboxylic acids is 1. The maximum atomic E-state index is 12.5. The Balaban J connectivity index is 3.94. The lowest BCUT2D eigenvalue weighted by Crippen LogP contribution is -2.46. The van der Waals surface area contributed by atoms with Gasteiger partial charge in [-0.2, -0.15) is 0 Å². The zero-order chi connectivity index (χ0) is 32.6. The van der Waals surface area contributed by atoms with E-state index in [1.54, 1.807) is 0 Å². The average Bonchev–Trinajstić information content (AvgIpc) is 2.99. The van der Waals surface area contributed by atoms with Gasteiger partial charge in [-0.25, -0.2) is 4.57 Å². The number of unbranched alkanes of at least 4 members (excludes halogenated alkanes) is 26. The first-order chi connectivity index (χ1) is 21.3. The third-order valence-corrected chi connectivity index (χ3v) is 9.33. The van der Waals surface area contributed by atoms with E-state index in [2.05, 4.69) is 23.7 Å². The van der Waals surface area contributed by atoms with E-state index in [1.807, 2.05) is 0 Å². The average molecular weight is 648 g/mol. The molecule has 0 saturated heterocycles. The molecule has 4 N–H and O–H groups in total. The molecular weight excluding hydrogens is 573 g/mol. The number of hydrogen-bond donors (Lipinski definition) is 4. The lowest BCUT2D eigenvalue weighted by Gasteiger charge is -2.24. The molecule has 0 aliphatic heterocycles. The molecule has 0 aliphatic carbocycles. The summed E-state index contributed by atoms with van der Waals surface area (Å²) in [6.07, 6.45) is 35.1. The van der Waals surface area contributed by atoms with Crippen LogP contribution in [0.2, 0.25) is 0 Å². The van der Waals surface area contributed by atoms with E-state index in [1.165, 1.54) is 141 Å². The third kappa shape index (κ3) is 32.9. The highest BCUT2D eigenvalue weighted by Crippen LogP contribution is 2.36. The second-order valence-electron chi connectivity index (χ2n) is 13.3. The summed E-state index contributed by atoms with van der Waals surface area (Å²) in [5.74, 6) is -0.191. The Bertz CT molecular complexity index is 659. The van der Waals surface area contributed by atoms with Crippen molar-refractivity contribution in [2.24, 2.45) is 0 Å². The second-order valence-corrected chi connectivity index (χ2v) is 14.5. The topological polar surface area (TPSA) is 116 Å². The van der Waals surface area contributed by atoms with Gasteiger partial charge in [-0.05, 0) is 12.8 Å². The minimum absolute atomic E-state index is 0.191. The van der Waals surface area contributed by atoms with E-state index in [4.69, 9.17) is 9.79 Å². The van der Waals surface area contributed by atoms with Gasteiger partial charge in [0.25, 0.3) is 0 Å². The Kier molecular flexibility index (Phi) is 32.1. The Labute approximate surface area is 272 Å². The lowest BCUT2D eigenvalue weighted by molar-refractivity contribution is -0.123. The Morgan fingerprint density at radius 3 is 1.23 bits per heavy atom. The monoisotopic (exact) mass is 648 g/mol. The zero-order valence-electron chi connectivity index (χ0n) is 29.1. The van der Waals surface area contributed by atoms with Crippen molar-refractivity contribution in [1.29, 1.82) is 0 Å². The highest BCUT2D eigenvalue weighted by atomic mass is 31.2. The smallest absolute Gasteiger partial charge is 0.391 e. The van der Waals surface area contributed by atoms with Crippen LogP contribution in [0.25, 0.3) is 0 Å². The summed E-state index contributed by atoms with van der Waals surface area (Å²) in [5, 5.41) is 13.5. The summed E-state index contributed by atoms with van der Waals surface area (Å²) in [6, 6.07) is -0.816. The van der Waals surface area contributed by atoms with Crippen LogP contribution in [0.4, 0.5) is 0 Å². The van der Waals surface area contributed by atoms with Gasteiger partial charge in [0.05, 0.1) is 18.8 Å². The number of aliphatic hydroxyl groups excluding tert-OH is 1. The van der Waals surface area contributed by atoms with Crippen molar-refractivity contribution in [3.8, 4) is 0 Å². The van der Waals surface area contributed by atoms with Gasteiger partial charge in [-0.15, -0.1) is 0 Å². The van der Waals surface area contributed by atoms with Crippen LogP contribution in [0, 0.1) is 0 Å². The molecule has 2 atom stereocenters. The second kappa shape index (κ2) is 32.5. The van der Waals surface area contributed by atoms with E-state index in [0.29, 0.717) is 12.8 Å². The van der Waals surface area contributed by atoms with Gasteiger partial charge in [0.2, 0.25) is 5.91 Å². The van der Waals surface area contributed by atoms with Gasteiger partial charge in [-0.1, -0.05) is 187 Å². The van der Waals surface area contributed by atoms with Crippen LogP contribution in [0.1, 0.15) is 206 Å². The molecule has 264 valence electrons. The standard InChI is InChI=1S/C36H74NO6P/c1-3-5-7-9-11-13-15-17-19-21-23-25-27-29-31-35(38)34(33-43-44(40,41)42)37-36(39)32-30-28-26-24-22-20-18-16-14-12-10-8-6-4-2/h34-35,38H,3-33H2,1-2H3,(H,37,39)(H2,40,41,42)/t34-,35+/m0/s1. The number of amides is 1. The molecular formula is C36H74NO6P. The van der Waals surface area contributed by atoms with Gasteiger partial charge in [0.1, 0.15) is 0 Å². The summed E-state index contributed by atoms with van der Waals surface area (Å²) in [4.78, 5) is 30.8. The van der Waals surface area contributed by atoms with E-state index in [-0.39, 0.29) is 5.91 Å². The summed E-state index contributed by atoms with van der Waals surface area (Å²) in [6.45, 7) is 4.12. The lowest BCUT2D eigenvalue weighted by atomic mass is 10.0. The fraction of sp³-hybridized carbons (Fsp3) is 0.972. The molecule has 0 fully saturated rings. The van der Waals surface area contributed by atoms with Crippen molar-refractivity contribution >= 4 is 13.7 Å². The fourth-order valence-electron chi connectivity index (χ4n) is 5.93. The number of aliphatic hydroxyl groups is 1. The number of phosphoric ester groups is 1. The van der Waals surface area contributed by atoms with Crippen molar-refractivity contribution in [3.05, 3.63) is 0 Å². The first-order valence-corrected chi connectivity index (χ1v) is 20.5. The van der Waals surface area contributed by atoms with Gasteiger partial charge < -0.3 is 20.2 Å². The molecule has 0 aliphatic rings. The molecule has 1 amide bonds. The molecule has 0 aromatic carbocycles. The van der Waals surface area contributed by atoms with E-state index < -0.39 is 26.6 Å². The fourth-order valence-corrected chi connectivity index (χ4v) is 6.29. The number of carbonyl (C=O) groups is 1. The first-order valence-electron chi connectivity index (χ1n) is 19.0. The quantitative estimate of drug-likeness (QED) is 0.0402. The number of phosphoric acid groups is 1. The van der Waals surface area contributed by atoms with Crippen molar-refractivity contribution in [3.63, 3.8) is 0 Å². The largest absolute Gasteiger partial charge is 0.469 e. The molecule has 0 bridgehead atoms. The van der Waals surface area contributed by atoms with Crippen LogP contribution >= 0.6 is 7.82 Å². The summed E-state index contributed by atoms with van der Waals surface area (Å²) >= 11 is 0. The van der Waals surface area contributed by atoms with Gasteiger partial charge in [0.15, 0.2) is 0 Å². The zero-order valence-corrected chi connectivity index (χ0v) is 30.0. The highest BCUT2D eigenvalue weighted by Gasteiger charge is 2.25. The van der Waals surface area contributed by atoms with Crippen molar-refractivity contribution in [1.82, 2.24) is 5.32 Å². The summed E-state index contributed by atoms with van der Waals surface area (Å²) in [7, 11) is -4.68. The minimum atomic E-state index is -4.68. The molecule has 0 aromatic heterocycles. The Morgan fingerprint density at radius 2 is 0.886 bits per heavy atom. The van der Waals surface area contributed by atoms with Crippen LogP contribution in [0.3, 0.4) is 0 Å². The SMILES string of the molecule is CCCCCCCCCCCCCCCCC(=O)N[C@@H](COP(=O)(O)O)[C@H](O)CCCCCCCCCCCCCCCC. The first kappa shape index (κ1) is 43.5. The molecule has 44 heavy (non-hydrogen) atoms. The molecule has 0 saturated carbocycles. The van der Waals surface area contributed by atoms with Crippen LogP contribution in [0.5, 0.6) is 0 Å². The van der Waals surface area contributed by atoms with Gasteiger partial charge >= 0.3 is 7.82 Å². The summed E-state index contributed by atoms with van der Waals surface area (Å²) in [5.41, 5.74) is 0. The maximum absolute atomic E-state index is 12.5. The van der Waals surface area contributed by atoms with Gasteiger partial charge in [0, 0.05) is 6.42 Å². The number of nitrogens with one attached hydrogen (secondary N) is 1. The molecule has 0 aromatic rings. The van der Waals surface area contributed by atoms with Crippen LogP contribution in [-0.4, -0.2) is 39.6 Å². The summed E-state index contributed by atoms with van der Waals surface area (Å²) < 4.78 is 15.9. The van der Waals surface area contributed by atoms with E-state index >= 15 is 0 Å². The van der Waals surface area contributed by atoms with Crippen LogP contribution in [-0.2, 0) is 13.9 Å². The van der Waals surface area contributed by atoms with E-state index in [9.17, 15) is 14.5 Å². The highest BCUT2D eigenvalue weighted by molar-refractivity contribution is 7.46. The Hall–Kier alpha value is -0.460. The molecule has 0 radical (unpaired) electrons. The van der Waals surface area contributed by atoms with Crippen LogP contribution in [0.15, 0.2) is 0 Å². The molecule has 0 spiro atoms.